The van der Waals surface area contributed by atoms with Crippen molar-refractivity contribution in [2.24, 2.45) is 0 Å². The van der Waals surface area contributed by atoms with Crippen molar-refractivity contribution in [3.05, 3.63) is 70.7 Å². The van der Waals surface area contributed by atoms with Gasteiger partial charge in [-0.2, -0.15) is 0 Å². The Morgan fingerprint density at radius 1 is 1.12 bits per heavy atom. The molecule has 1 aromatic heterocycles. The second kappa shape index (κ2) is 6.52. The van der Waals surface area contributed by atoms with Crippen LogP contribution in [0.15, 0.2) is 36.4 Å². The fourth-order valence-corrected chi connectivity index (χ4v) is 3.59. The lowest BCUT2D eigenvalue weighted by Crippen LogP contribution is -2.20. The third kappa shape index (κ3) is 2.96. The van der Waals surface area contributed by atoms with E-state index < -0.39 is 23.5 Å². The highest BCUT2D eigenvalue weighted by molar-refractivity contribution is 5.91. The monoisotopic (exact) mass is 359 g/mol. The molecule has 0 fully saturated rings. The number of carbonyl (C=O) groups is 1. The molecule has 0 saturated heterocycles. The van der Waals surface area contributed by atoms with Crippen LogP contribution in [0.4, 0.5) is 13.2 Å². The van der Waals surface area contributed by atoms with Crippen molar-refractivity contribution in [3.8, 4) is 0 Å². The third-order valence-electron chi connectivity index (χ3n) is 4.82. The van der Waals surface area contributed by atoms with Gasteiger partial charge >= 0.3 is 5.97 Å². The Kier molecular flexibility index (Phi) is 4.18. The standard InChI is InChI=1S/C20H16F3NO2/c21-12-6-7-17-15(8-12)19-14(2-1-3-18(19)24-17)20(25)26-10-11-4-5-13(22)9-16(11)23/h4-9,14,24H,1-3,10H2. The van der Waals surface area contributed by atoms with Crippen molar-refractivity contribution in [1.29, 1.82) is 0 Å². The number of esters is 1. The first-order valence-corrected chi connectivity index (χ1v) is 8.43. The van der Waals surface area contributed by atoms with E-state index in [1.165, 1.54) is 18.2 Å². The molecule has 26 heavy (non-hydrogen) atoms. The molecule has 0 saturated carbocycles. The maximum atomic E-state index is 13.7. The zero-order valence-electron chi connectivity index (χ0n) is 13.8. The van der Waals surface area contributed by atoms with E-state index >= 15 is 0 Å². The van der Waals surface area contributed by atoms with Gasteiger partial charge in [0.1, 0.15) is 24.1 Å². The molecule has 0 bridgehead atoms. The highest BCUT2D eigenvalue weighted by Crippen LogP contribution is 2.38. The first-order chi connectivity index (χ1) is 12.5. The van der Waals surface area contributed by atoms with E-state index in [0.29, 0.717) is 11.8 Å². The normalized spacial score (nSPS) is 16.5. The summed E-state index contributed by atoms with van der Waals surface area (Å²) in [4.78, 5) is 15.9. The number of carbonyl (C=O) groups excluding carboxylic acids is 1. The number of rotatable bonds is 3. The molecule has 1 atom stereocenters. The van der Waals surface area contributed by atoms with Gasteiger partial charge < -0.3 is 9.72 Å². The molecule has 3 nitrogen and oxygen atoms in total. The van der Waals surface area contributed by atoms with Crippen LogP contribution in [0.5, 0.6) is 0 Å². The maximum Gasteiger partial charge on any atom is 0.313 e. The van der Waals surface area contributed by atoms with E-state index in [1.54, 1.807) is 6.07 Å². The molecule has 6 heteroatoms. The molecule has 0 spiro atoms. The molecule has 3 aromatic rings. The number of benzene rings is 2. The highest BCUT2D eigenvalue weighted by atomic mass is 19.1. The minimum Gasteiger partial charge on any atom is -0.460 e. The van der Waals surface area contributed by atoms with Gasteiger partial charge in [0, 0.05) is 28.2 Å². The zero-order valence-corrected chi connectivity index (χ0v) is 13.8. The number of aryl methyl sites for hydroxylation is 1. The third-order valence-corrected chi connectivity index (χ3v) is 4.82. The Morgan fingerprint density at radius 2 is 1.88 bits per heavy atom. The summed E-state index contributed by atoms with van der Waals surface area (Å²) in [7, 11) is 0. The van der Waals surface area contributed by atoms with Crippen molar-refractivity contribution < 1.29 is 22.7 Å². The molecule has 0 radical (unpaired) electrons. The van der Waals surface area contributed by atoms with Crippen LogP contribution in [-0.2, 0) is 22.6 Å². The van der Waals surface area contributed by atoms with Gasteiger partial charge in [-0.1, -0.05) is 0 Å². The van der Waals surface area contributed by atoms with Gasteiger partial charge in [0.25, 0.3) is 0 Å². The summed E-state index contributed by atoms with van der Waals surface area (Å²) in [6.45, 7) is -0.270. The molecule has 1 aliphatic carbocycles. The first kappa shape index (κ1) is 16.7. The number of ether oxygens (including phenoxy) is 1. The number of H-pyrrole nitrogens is 1. The van der Waals surface area contributed by atoms with Gasteiger partial charge in [0.15, 0.2) is 0 Å². The second-order valence-electron chi connectivity index (χ2n) is 6.50. The first-order valence-electron chi connectivity index (χ1n) is 8.43. The van der Waals surface area contributed by atoms with Crippen molar-refractivity contribution >= 4 is 16.9 Å². The van der Waals surface area contributed by atoms with Crippen LogP contribution in [0.1, 0.15) is 35.6 Å². The molecule has 1 unspecified atom stereocenters. The van der Waals surface area contributed by atoms with Crippen LogP contribution in [0.25, 0.3) is 10.9 Å². The average Bonchev–Trinajstić information content (AvgIpc) is 2.98. The Balaban J connectivity index is 1.60. The lowest BCUT2D eigenvalue weighted by atomic mass is 9.85. The van der Waals surface area contributed by atoms with Gasteiger partial charge in [0.2, 0.25) is 0 Å². The average molecular weight is 359 g/mol. The second-order valence-corrected chi connectivity index (χ2v) is 6.50. The topological polar surface area (TPSA) is 42.1 Å². The van der Waals surface area contributed by atoms with Crippen molar-refractivity contribution in [1.82, 2.24) is 4.98 Å². The van der Waals surface area contributed by atoms with Crippen LogP contribution in [0, 0.1) is 17.5 Å². The van der Waals surface area contributed by atoms with Crippen LogP contribution >= 0.6 is 0 Å². The van der Waals surface area contributed by atoms with E-state index in [1.807, 2.05) is 0 Å². The van der Waals surface area contributed by atoms with E-state index in [4.69, 9.17) is 4.74 Å². The van der Waals surface area contributed by atoms with Crippen LogP contribution < -0.4 is 0 Å². The number of aromatic amines is 1. The van der Waals surface area contributed by atoms with Crippen LogP contribution in [-0.4, -0.2) is 11.0 Å². The van der Waals surface area contributed by atoms with Gasteiger partial charge in [-0.05, 0) is 55.2 Å². The Labute approximate surface area is 147 Å². The quantitative estimate of drug-likeness (QED) is 0.686. The number of halogens is 3. The van der Waals surface area contributed by atoms with Gasteiger partial charge in [-0.25, -0.2) is 13.2 Å². The lowest BCUT2D eigenvalue weighted by molar-refractivity contribution is -0.147. The number of hydrogen-bond acceptors (Lipinski definition) is 2. The molecule has 2 aromatic carbocycles. The Bertz CT molecular complexity index is 996. The number of fused-ring (bicyclic) bond motifs is 3. The van der Waals surface area contributed by atoms with E-state index in [2.05, 4.69) is 4.98 Å². The molecule has 1 heterocycles. The largest absolute Gasteiger partial charge is 0.460 e. The van der Waals surface area contributed by atoms with Gasteiger partial charge in [-0.3, -0.25) is 4.79 Å². The molecule has 4 rings (SSSR count). The minimum atomic E-state index is -0.753. The summed E-state index contributed by atoms with van der Waals surface area (Å²) in [5, 5.41) is 0.676. The lowest BCUT2D eigenvalue weighted by Gasteiger charge is -2.21. The minimum absolute atomic E-state index is 0.112. The van der Waals surface area contributed by atoms with Gasteiger partial charge in [-0.15, -0.1) is 0 Å². The molecule has 1 N–H and O–H groups in total. The van der Waals surface area contributed by atoms with Gasteiger partial charge in [0.05, 0.1) is 5.92 Å². The maximum absolute atomic E-state index is 13.7. The molecular formula is C20H16F3NO2. The van der Waals surface area contributed by atoms with E-state index in [0.717, 1.165) is 41.7 Å². The fraction of sp³-hybridized carbons (Fsp3) is 0.250. The smallest absolute Gasteiger partial charge is 0.313 e. The van der Waals surface area contributed by atoms with E-state index in [-0.39, 0.29) is 18.0 Å². The van der Waals surface area contributed by atoms with E-state index in [9.17, 15) is 18.0 Å². The van der Waals surface area contributed by atoms with Crippen molar-refractivity contribution in [3.63, 3.8) is 0 Å². The molecule has 134 valence electrons. The Hall–Kier alpha value is -2.76. The number of hydrogen-bond donors (Lipinski definition) is 1. The SMILES string of the molecule is O=C(OCc1ccc(F)cc1F)C1CCCc2[nH]c3ccc(F)cc3c21. The number of aromatic nitrogens is 1. The predicted molar refractivity (Wildman–Crippen MR) is 90.1 cm³/mol. The predicted octanol–water partition coefficient (Wildman–Crippen LogP) is 4.75. The summed E-state index contributed by atoms with van der Waals surface area (Å²) in [5.74, 6) is -2.82. The summed E-state index contributed by atoms with van der Waals surface area (Å²) < 4.78 is 45.6. The summed E-state index contributed by atoms with van der Waals surface area (Å²) in [6, 6.07) is 7.56. The molecule has 0 amide bonds. The summed E-state index contributed by atoms with van der Waals surface area (Å²) in [5.41, 5.74) is 2.56. The molecule has 1 aliphatic rings. The fourth-order valence-electron chi connectivity index (χ4n) is 3.59. The Morgan fingerprint density at radius 3 is 2.69 bits per heavy atom. The summed E-state index contributed by atoms with van der Waals surface area (Å²) in [6.07, 6.45) is 2.16. The molecule has 0 aliphatic heterocycles. The number of nitrogens with one attached hydrogen (secondary N) is 1. The van der Waals surface area contributed by atoms with Crippen LogP contribution in [0.3, 0.4) is 0 Å². The summed E-state index contributed by atoms with van der Waals surface area (Å²) >= 11 is 0. The zero-order chi connectivity index (χ0) is 18.3. The highest BCUT2D eigenvalue weighted by Gasteiger charge is 2.31. The van der Waals surface area contributed by atoms with Crippen LogP contribution in [0.2, 0.25) is 0 Å². The van der Waals surface area contributed by atoms with Crippen molar-refractivity contribution in [2.75, 3.05) is 0 Å². The molecular weight excluding hydrogens is 343 g/mol. The van der Waals surface area contributed by atoms with Crippen molar-refractivity contribution in [2.45, 2.75) is 31.8 Å².